The molecule has 0 spiro atoms. The fourth-order valence-corrected chi connectivity index (χ4v) is 2.96. The van der Waals surface area contributed by atoms with Gasteiger partial charge in [-0.15, -0.1) is 0 Å². The summed E-state index contributed by atoms with van der Waals surface area (Å²) in [6, 6.07) is 22.0. The predicted molar refractivity (Wildman–Crippen MR) is 114 cm³/mol. The molecule has 0 saturated heterocycles. The number of anilines is 1. The molecule has 3 aromatic rings. The van der Waals surface area contributed by atoms with Crippen molar-refractivity contribution in [3.63, 3.8) is 0 Å². The predicted octanol–water partition coefficient (Wildman–Crippen LogP) is 5.80. The number of nitrogens with one attached hydrogen (secondary N) is 1. The summed E-state index contributed by atoms with van der Waals surface area (Å²) in [5, 5.41) is 5.25. The molecule has 0 aliphatic heterocycles. The highest BCUT2D eigenvalue weighted by atomic mass is 16.2. The van der Waals surface area contributed by atoms with Crippen LogP contribution in [0.15, 0.2) is 66.7 Å². The first-order chi connectivity index (χ1) is 12.9. The highest BCUT2D eigenvalue weighted by Gasteiger charge is 2.35. The Morgan fingerprint density at radius 1 is 0.963 bits per heavy atom. The standard InChI is InChI=1S/C25H25NO/c1-18(2)25(4,17-16-20-11-6-5-10-19(20)3)24(27)26-23-15-9-13-21-12-7-8-14-22(21)23/h5-15,18H,1-4H3,(H,26,27)/t25-/m1/s1. The lowest BCUT2D eigenvalue weighted by molar-refractivity contribution is -0.123. The van der Waals surface area contributed by atoms with Gasteiger partial charge >= 0.3 is 0 Å². The summed E-state index contributed by atoms with van der Waals surface area (Å²) >= 11 is 0. The van der Waals surface area contributed by atoms with E-state index >= 15 is 0 Å². The molecule has 27 heavy (non-hydrogen) atoms. The average Bonchev–Trinajstić information content (AvgIpc) is 2.67. The van der Waals surface area contributed by atoms with Gasteiger partial charge in [0, 0.05) is 16.6 Å². The number of hydrogen-bond donors (Lipinski definition) is 1. The lowest BCUT2D eigenvalue weighted by Gasteiger charge is -2.27. The number of carbonyl (C=O) groups excluding carboxylic acids is 1. The van der Waals surface area contributed by atoms with E-state index in [0.717, 1.165) is 27.6 Å². The number of aryl methyl sites for hydroxylation is 1. The second-order valence-corrected chi connectivity index (χ2v) is 7.40. The van der Waals surface area contributed by atoms with Gasteiger partial charge in [-0.2, -0.15) is 0 Å². The number of fused-ring (bicyclic) bond motifs is 1. The van der Waals surface area contributed by atoms with Crippen molar-refractivity contribution >= 4 is 22.4 Å². The van der Waals surface area contributed by atoms with Gasteiger partial charge in [-0.1, -0.05) is 80.3 Å². The fourth-order valence-electron chi connectivity index (χ4n) is 2.96. The smallest absolute Gasteiger partial charge is 0.242 e. The summed E-state index contributed by atoms with van der Waals surface area (Å²) in [5.41, 5.74) is 2.11. The Morgan fingerprint density at radius 2 is 1.63 bits per heavy atom. The van der Waals surface area contributed by atoms with Crippen LogP contribution in [0.3, 0.4) is 0 Å². The van der Waals surface area contributed by atoms with Crippen LogP contribution in [-0.2, 0) is 4.79 Å². The number of benzene rings is 3. The molecule has 0 saturated carbocycles. The van der Waals surface area contributed by atoms with E-state index in [9.17, 15) is 4.79 Å². The Kier molecular flexibility index (Phi) is 5.33. The molecular weight excluding hydrogens is 330 g/mol. The van der Waals surface area contributed by atoms with Crippen LogP contribution in [0.25, 0.3) is 10.8 Å². The topological polar surface area (TPSA) is 29.1 Å². The van der Waals surface area contributed by atoms with E-state index in [-0.39, 0.29) is 11.8 Å². The molecule has 0 heterocycles. The average molecular weight is 355 g/mol. The third-order valence-corrected chi connectivity index (χ3v) is 5.27. The molecule has 2 heteroatoms. The minimum Gasteiger partial charge on any atom is -0.324 e. The van der Waals surface area contributed by atoms with Crippen LogP contribution in [0.1, 0.15) is 31.9 Å². The molecule has 0 aromatic heterocycles. The van der Waals surface area contributed by atoms with Gasteiger partial charge in [0.15, 0.2) is 0 Å². The number of rotatable bonds is 3. The Morgan fingerprint density at radius 3 is 2.37 bits per heavy atom. The van der Waals surface area contributed by atoms with Gasteiger partial charge in [0.1, 0.15) is 5.41 Å². The lowest BCUT2D eigenvalue weighted by atomic mass is 9.78. The first-order valence-corrected chi connectivity index (χ1v) is 9.30. The van der Waals surface area contributed by atoms with E-state index in [0.29, 0.717) is 0 Å². The number of amides is 1. The van der Waals surface area contributed by atoms with Crippen LogP contribution in [0.2, 0.25) is 0 Å². The van der Waals surface area contributed by atoms with Crippen molar-refractivity contribution in [1.29, 1.82) is 0 Å². The first-order valence-electron chi connectivity index (χ1n) is 9.30. The minimum absolute atomic E-state index is 0.0731. The summed E-state index contributed by atoms with van der Waals surface area (Å²) in [4.78, 5) is 13.2. The maximum absolute atomic E-state index is 13.2. The third kappa shape index (κ3) is 3.88. The molecule has 0 aliphatic rings. The zero-order valence-corrected chi connectivity index (χ0v) is 16.3. The molecule has 0 unspecified atom stereocenters. The van der Waals surface area contributed by atoms with Crippen LogP contribution in [-0.4, -0.2) is 5.91 Å². The molecule has 2 nitrogen and oxygen atoms in total. The van der Waals surface area contributed by atoms with Gasteiger partial charge in [0.25, 0.3) is 0 Å². The highest BCUT2D eigenvalue weighted by Crippen LogP contribution is 2.30. The molecule has 0 aliphatic carbocycles. The molecule has 3 rings (SSSR count). The summed E-state index contributed by atoms with van der Waals surface area (Å²) in [6.07, 6.45) is 0. The quantitative estimate of drug-likeness (QED) is 0.591. The first kappa shape index (κ1) is 18.7. The van der Waals surface area contributed by atoms with E-state index in [1.807, 2.05) is 94.4 Å². The van der Waals surface area contributed by atoms with Crippen molar-refractivity contribution in [1.82, 2.24) is 0 Å². The molecule has 0 radical (unpaired) electrons. The molecule has 3 aromatic carbocycles. The van der Waals surface area contributed by atoms with E-state index in [2.05, 4.69) is 17.2 Å². The summed E-state index contributed by atoms with van der Waals surface area (Å²) in [7, 11) is 0. The van der Waals surface area contributed by atoms with E-state index in [1.165, 1.54) is 0 Å². The van der Waals surface area contributed by atoms with Crippen LogP contribution < -0.4 is 5.32 Å². The zero-order valence-electron chi connectivity index (χ0n) is 16.3. The van der Waals surface area contributed by atoms with Gasteiger partial charge < -0.3 is 5.32 Å². The summed E-state index contributed by atoms with van der Waals surface area (Å²) < 4.78 is 0. The zero-order chi connectivity index (χ0) is 19.4. The van der Waals surface area contributed by atoms with Crippen LogP contribution in [0.4, 0.5) is 5.69 Å². The van der Waals surface area contributed by atoms with Crippen LogP contribution in [0, 0.1) is 30.1 Å². The van der Waals surface area contributed by atoms with Gasteiger partial charge in [0.05, 0.1) is 0 Å². The van der Waals surface area contributed by atoms with Gasteiger partial charge in [-0.25, -0.2) is 0 Å². The maximum Gasteiger partial charge on any atom is 0.242 e. The van der Waals surface area contributed by atoms with Crippen molar-refractivity contribution in [3.8, 4) is 11.8 Å². The van der Waals surface area contributed by atoms with Crippen molar-refractivity contribution in [2.45, 2.75) is 27.7 Å². The molecule has 1 amide bonds. The Bertz CT molecular complexity index is 1030. The van der Waals surface area contributed by atoms with Crippen molar-refractivity contribution in [2.75, 3.05) is 5.32 Å². The second-order valence-electron chi connectivity index (χ2n) is 7.40. The Balaban J connectivity index is 1.95. The summed E-state index contributed by atoms with van der Waals surface area (Å²) in [6.45, 7) is 8.03. The van der Waals surface area contributed by atoms with E-state index in [4.69, 9.17) is 0 Å². The molecule has 1 N–H and O–H groups in total. The lowest BCUT2D eigenvalue weighted by Crippen LogP contribution is -2.37. The maximum atomic E-state index is 13.2. The second kappa shape index (κ2) is 7.68. The molecule has 136 valence electrons. The van der Waals surface area contributed by atoms with Crippen molar-refractivity contribution in [2.24, 2.45) is 11.3 Å². The van der Waals surface area contributed by atoms with Crippen molar-refractivity contribution in [3.05, 3.63) is 77.9 Å². The third-order valence-electron chi connectivity index (χ3n) is 5.27. The van der Waals surface area contributed by atoms with Crippen LogP contribution in [0.5, 0.6) is 0 Å². The van der Waals surface area contributed by atoms with Gasteiger partial charge in [-0.3, -0.25) is 4.79 Å². The fraction of sp³-hybridized carbons (Fsp3) is 0.240. The Labute approximate surface area is 161 Å². The minimum atomic E-state index is -0.792. The molecule has 0 fully saturated rings. The highest BCUT2D eigenvalue weighted by molar-refractivity contribution is 6.05. The number of hydrogen-bond acceptors (Lipinski definition) is 1. The van der Waals surface area contributed by atoms with E-state index in [1.54, 1.807) is 0 Å². The molecule has 0 bridgehead atoms. The largest absolute Gasteiger partial charge is 0.324 e. The summed E-state index contributed by atoms with van der Waals surface area (Å²) in [5.74, 6) is 6.49. The molecular formula is C25H25NO. The van der Waals surface area contributed by atoms with Gasteiger partial charge in [0.2, 0.25) is 5.91 Å². The van der Waals surface area contributed by atoms with E-state index < -0.39 is 5.41 Å². The monoisotopic (exact) mass is 355 g/mol. The SMILES string of the molecule is Cc1ccccc1C#C[C@@](C)(C(=O)Nc1cccc2ccccc12)C(C)C. The molecule has 1 atom stereocenters. The van der Waals surface area contributed by atoms with Crippen LogP contribution >= 0.6 is 0 Å². The normalized spacial score (nSPS) is 12.9. The Hall–Kier alpha value is -3.05. The number of carbonyl (C=O) groups is 1. The van der Waals surface area contributed by atoms with Crippen molar-refractivity contribution < 1.29 is 4.79 Å². The van der Waals surface area contributed by atoms with Gasteiger partial charge in [-0.05, 0) is 42.8 Å².